The molecule has 0 saturated carbocycles. The van der Waals surface area contributed by atoms with E-state index in [2.05, 4.69) is 20.1 Å². The number of fused-ring (bicyclic) bond motifs is 3. The van der Waals surface area contributed by atoms with E-state index < -0.39 is 17.5 Å². The molecule has 71 heavy (non-hydrogen) atoms. The van der Waals surface area contributed by atoms with Crippen LogP contribution in [0.15, 0.2) is 72.8 Å². The molecule has 16 heteroatoms. The van der Waals surface area contributed by atoms with Gasteiger partial charge in [0.1, 0.15) is 22.9 Å². The zero-order chi connectivity index (χ0) is 50.3. The van der Waals surface area contributed by atoms with Crippen molar-refractivity contribution < 1.29 is 33.0 Å². The summed E-state index contributed by atoms with van der Waals surface area (Å²) in [6.45, 7) is 15.3. The number of hydrogen-bond acceptors (Lipinski definition) is 10. The van der Waals surface area contributed by atoms with Gasteiger partial charge in [0.2, 0.25) is 17.7 Å². The third-order valence-corrected chi connectivity index (χ3v) is 14.0. The van der Waals surface area contributed by atoms with Gasteiger partial charge in [0.15, 0.2) is 0 Å². The van der Waals surface area contributed by atoms with E-state index in [1.54, 1.807) is 6.07 Å². The molecule has 0 spiro atoms. The van der Waals surface area contributed by atoms with Crippen molar-refractivity contribution in [3.8, 4) is 16.9 Å². The van der Waals surface area contributed by atoms with E-state index in [1.807, 2.05) is 113 Å². The number of amides is 3. The number of piperidine rings is 1. The average Bonchev–Trinajstić information content (AvgIpc) is 3.78. The number of ether oxygens (including phenoxy) is 2. The number of piperazine rings is 1. The monoisotopic (exact) mass is 982 g/mol. The van der Waals surface area contributed by atoms with Crippen LogP contribution < -0.4 is 15.4 Å². The van der Waals surface area contributed by atoms with E-state index in [0.29, 0.717) is 88.0 Å². The van der Waals surface area contributed by atoms with E-state index in [1.165, 1.54) is 12.1 Å². The number of carbonyl (C=O) groups excluding carboxylic acids is 4. The van der Waals surface area contributed by atoms with Crippen molar-refractivity contribution in [3.63, 3.8) is 0 Å². The van der Waals surface area contributed by atoms with Crippen LogP contribution >= 0.6 is 11.6 Å². The SMILES string of the molecule is Cc1nc2cc(NCC(=O)N3CCN(CCn4c(C(=O)OC(C)(C)C)c(CCCOc5cccc6cc(F)ccc56)c5ccc(Cl)c(-c6c(C)nn(C)c6C)c54)CC3)ccc2cc1C1CCC(=O)NC1=O. The molecule has 14 nitrogen and oxygen atoms in total. The summed E-state index contributed by atoms with van der Waals surface area (Å²) in [5, 5.41) is 14.4. The maximum Gasteiger partial charge on any atom is 0.355 e. The molecule has 2 fully saturated rings. The fourth-order valence-corrected chi connectivity index (χ4v) is 10.4. The van der Waals surface area contributed by atoms with Crippen LogP contribution in [-0.2, 0) is 39.1 Å². The summed E-state index contributed by atoms with van der Waals surface area (Å²) in [7, 11) is 1.91. The van der Waals surface area contributed by atoms with Crippen LogP contribution in [0.1, 0.15) is 84.6 Å². The summed E-state index contributed by atoms with van der Waals surface area (Å²) in [5.41, 5.74) is 7.89. The first-order chi connectivity index (χ1) is 33.9. The van der Waals surface area contributed by atoms with Gasteiger partial charge in [0.05, 0.1) is 40.8 Å². The summed E-state index contributed by atoms with van der Waals surface area (Å²) in [5.74, 6) is -1.06. The molecule has 0 bridgehead atoms. The summed E-state index contributed by atoms with van der Waals surface area (Å²) >= 11 is 7.21. The van der Waals surface area contributed by atoms with Gasteiger partial charge < -0.3 is 24.3 Å². The first-order valence-corrected chi connectivity index (χ1v) is 24.7. The molecule has 2 saturated heterocycles. The molecule has 1 atom stereocenters. The number of nitrogens with one attached hydrogen (secondary N) is 2. The number of benzene rings is 4. The van der Waals surface area contributed by atoms with Crippen molar-refractivity contribution in [2.75, 3.05) is 51.2 Å². The second kappa shape index (κ2) is 20.1. The van der Waals surface area contributed by atoms with Gasteiger partial charge in [0.25, 0.3) is 0 Å². The van der Waals surface area contributed by atoms with E-state index in [4.69, 9.17) is 31.2 Å². The Bertz CT molecular complexity index is 3240. The summed E-state index contributed by atoms with van der Waals surface area (Å²) < 4.78 is 30.5. The highest BCUT2D eigenvalue weighted by atomic mass is 35.5. The van der Waals surface area contributed by atoms with E-state index in [0.717, 1.165) is 77.6 Å². The highest BCUT2D eigenvalue weighted by Gasteiger charge is 2.32. The first kappa shape index (κ1) is 49.2. The quantitative estimate of drug-likeness (QED) is 0.0613. The van der Waals surface area contributed by atoms with Gasteiger partial charge in [-0.15, -0.1) is 0 Å². The molecule has 3 aromatic heterocycles. The molecular weight excluding hydrogens is 923 g/mol. The van der Waals surface area contributed by atoms with E-state index in [-0.39, 0.29) is 30.1 Å². The van der Waals surface area contributed by atoms with Crippen LogP contribution in [0.25, 0.3) is 43.7 Å². The summed E-state index contributed by atoms with van der Waals surface area (Å²) in [6, 6.07) is 21.8. The summed E-state index contributed by atoms with van der Waals surface area (Å²) in [4.78, 5) is 61.6. The van der Waals surface area contributed by atoms with Gasteiger partial charge >= 0.3 is 5.97 Å². The van der Waals surface area contributed by atoms with Gasteiger partial charge in [-0.25, -0.2) is 9.18 Å². The van der Waals surface area contributed by atoms with Crippen molar-refractivity contribution in [2.45, 2.75) is 85.3 Å². The van der Waals surface area contributed by atoms with Crippen LogP contribution in [-0.4, -0.2) is 104 Å². The van der Waals surface area contributed by atoms with Crippen LogP contribution in [0, 0.1) is 26.6 Å². The lowest BCUT2D eigenvalue weighted by Gasteiger charge is -2.35. The standard InChI is InChI=1S/C55H60ClFN8O6/c1-32-43(42-18-20-47(66)60-53(42)68)29-36-13-15-38(30-45(36)59-32)58-31-48(67)64-24-21-63(22-25-64)23-26-65-51-41(17-19-44(56)50(51)49-33(2)61-62(7)34(49)3)40(52(65)54(69)71-55(4,5)6)11-9-27-70-46-12-8-10-35-28-37(57)14-16-39(35)46/h8,10,12-17,19,28-30,42,58H,9,11,18,20-27,31H2,1-7H3,(H,60,66,68). The second-order valence-corrected chi connectivity index (χ2v) is 20.1. The Hall–Kier alpha value is -6.84. The number of imide groups is 1. The van der Waals surface area contributed by atoms with Crippen molar-refractivity contribution in [1.82, 2.24) is 34.4 Å². The van der Waals surface area contributed by atoms with E-state index >= 15 is 0 Å². The molecule has 1 unspecified atom stereocenters. The number of carbonyl (C=O) groups is 4. The lowest BCUT2D eigenvalue weighted by Crippen LogP contribution is -2.50. The minimum absolute atomic E-state index is 0.0184. The largest absolute Gasteiger partial charge is 0.493 e. The number of aromatic nitrogens is 4. The third-order valence-electron chi connectivity index (χ3n) is 13.7. The Kier molecular flexibility index (Phi) is 13.9. The van der Waals surface area contributed by atoms with Crippen LogP contribution in [0.4, 0.5) is 10.1 Å². The van der Waals surface area contributed by atoms with Crippen molar-refractivity contribution in [1.29, 1.82) is 0 Å². The average molecular weight is 984 g/mol. The van der Waals surface area contributed by atoms with Gasteiger partial charge in [-0.1, -0.05) is 35.9 Å². The molecule has 4 aromatic carbocycles. The number of halogens is 2. The number of rotatable bonds is 14. The lowest BCUT2D eigenvalue weighted by atomic mass is 9.89. The molecule has 2 aliphatic rings. The number of aryl methyl sites for hydroxylation is 4. The van der Waals surface area contributed by atoms with Crippen molar-refractivity contribution in [2.24, 2.45) is 7.05 Å². The number of anilines is 1. The number of pyridine rings is 1. The van der Waals surface area contributed by atoms with Gasteiger partial charge in [-0.3, -0.25) is 34.3 Å². The van der Waals surface area contributed by atoms with Crippen LogP contribution in [0.5, 0.6) is 5.75 Å². The summed E-state index contributed by atoms with van der Waals surface area (Å²) in [6.07, 6.45) is 1.82. The fourth-order valence-electron chi connectivity index (χ4n) is 10.2. The molecule has 370 valence electrons. The number of nitrogens with zero attached hydrogens (tertiary/aromatic N) is 6. The predicted octanol–water partition coefficient (Wildman–Crippen LogP) is 9.20. The predicted molar refractivity (Wildman–Crippen MR) is 275 cm³/mol. The molecule has 7 aromatic rings. The maximum atomic E-state index is 14.6. The Morgan fingerprint density at radius 3 is 2.41 bits per heavy atom. The zero-order valence-corrected chi connectivity index (χ0v) is 42.1. The molecule has 5 heterocycles. The van der Waals surface area contributed by atoms with Crippen molar-refractivity contribution in [3.05, 3.63) is 118 Å². The highest BCUT2D eigenvalue weighted by Crippen LogP contribution is 2.43. The van der Waals surface area contributed by atoms with E-state index in [9.17, 15) is 23.6 Å². The maximum absolute atomic E-state index is 14.6. The zero-order valence-electron chi connectivity index (χ0n) is 41.4. The van der Waals surface area contributed by atoms with Crippen molar-refractivity contribution >= 4 is 73.6 Å². The lowest BCUT2D eigenvalue weighted by molar-refractivity contribution is -0.134. The Morgan fingerprint density at radius 2 is 1.68 bits per heavy atom. The molecular formula is C55H60ClFN8O6. The Morgan fingerprint density at radius 1 is 0.901 bits per heavy atom. The highest BCUT2D eigenvalue weighted by molar-refractivity contribution is 6.35. The third kappa shape index (κ3) is 10.3. The van der Waals surface area contributed by atoms with Crippen LogP contribution in [0.2, 0.25) is 5.02 Å². The van der Waals surface area contributed by atoms with Gasteiger partial charge in [-0.05, 0) is 126 Å². The molecule has 3 amide bonds. The minimum Gasteiger partial charge on any atom is -0.493 e. The second-order valence-electron chi connectivity index (χ2n) is 19.7. The Balaban J connectivity index is 0.927. The molecule has 2 aliphatic heterocycles. The van der Waals surface area contributed by atoms with Crippen LogP contribution in [0.3, 0.4) is 0 Å². The fraction of sp³-hybridized carbons (Fsp3) is 0.382. The van der Waals surface area contributed by atoms with Gasteiger partial charge in [-0.2, -0.15) is 5.10 Å². The molecule has 0 aliphatic carbocycles. The molecule has 2 N–H and O–H groups in total. The van der Waals surface area contributed by atoms with Gasteiger partial charge in [0, 0.05) is 97.1 Å². The number of esters is 1. The smallest absolute Gasteiger partial charge is 0.355 e. The molecule has 0 radical (unpaired) electrons. The topological polar surface area (TPSA) is 153 Å². The number of hydrogen-bond donors (Lipinski definition) is 2. The molecule has 9 rings (SSSR count). The Labute approximate surface area is 417 Å². The normalized spacial score (nSPS) is 15.7. The minimum atomic E-state index is -0.769. The first-order valence-electron chi connectivity index (χ1n) is 24.3.